The number of nitrogens with zero attached hydrogens (tertiary/aromatic N) is 1. The van der Waals surface area contributed by atoms with Crippen LogP contribution in [0, 0.1) is 10.1 Å². The van der Waals surface area contributed by atoms with Gasteiger partial charge in [-0.15, -0.1) is 0 Å². The van der Waals surface area contributed by atoms with Crippen LogP contribution in [-0.4, -0.2) is 24.0 Å². The van der Waals surface area contributed by atoms with Crippen molar-refractivity contribution in [3.05, 3.63) is 27.8 Å². The van der Waals surface area contributed by atoms with Gasteiger partial charge in [0.25, 0.3) is 11.6 Å². The van der Waals surface area contributed by atoms with Crippen LogP contribution < -0.4 is 15.8 Å². The Balaban J connectivity index is 2.59. The Morgan fingerprint density at radius 2 is 2.31 bits per heavy atom. The molecule has 7 heteroatoms. The number of hydrogen-bond donors (Lipinski definition) is 2. The van der Waals surface area contributed by atoms with Crippen LogP contribution in [0.1, 0.15) is 10.4 Å². The van der Waals surface area contributed by atoms with E-state index in [-0.39, 0.29) is 11.3 Å². The lowest BCUT2D eigenvalue weighted by Gasteiger charge is -2.19. The van der Waals surface area contributed by atoms with Gasteiger partial charge in [0.15, 0.2) is 0 Å². The highest BCUT2D eigenvalue weighted by Gasteiger charge is 2.23. The molecule has 2 rings (SSSR count). The fraction of sp³-hybridized carbons (Fsp3) is 0.222. The first kappa shape index (κ1) is 10.2. The molecule has 0 bridgehead atoms. The topological polar surface area (TPSA) is 107 Å². The van der Waals surface area contributed by atoms with Gasteiger partial charge in [-0.3, -0.25) is 14.9 Å². The lowest BCUT2D eigenvalue weighted by atomic mass is 10.1. The van der Waals surface area contributed by atoms with E-state index in [9.17, 15) is 14.9 Å². The average molecular weight is 223 g/mol. The maximum Gasteiger partial charge on any atom is 0.285 e. The van der Waals surface area contributed by atoms with Crippen molar-refractivity contribution < 1.29 is 14.5 Å². The van der Waals surface area contributed by atoms with E-state index in [0.717, 1.165) is 0 Å². The molecule has 1 aromatic carbocycles. The number of nitrogens with one attached hydrogen (secondary N) is 1. The molecule has 0 atom stereocenters. The molecule has 0 radical (unpaired) electrons. The normalized spacial score (nSPS) is 13.2. The summed E-state index contributed by atoms with van der Waals surface area (Å²) in [5, 5.41) is 13.7. The van der Waals surface area contributed by atoms with Gasteiger partial charge in [0.05, 0.1) is 16.7 Å². The van der Waals surface area contributed by atoms with E-state index < -0.39 is 10.8 Å². The monoisotopic (exact) mass is 223 g/mol. The van der Waals surface area contributed by atoms with Crippen LogP contribution >= 0.6 is 0 Å². The molecule has 1 aromatic rings. The van der Waals surface area contributed by atoms with Crippen molar-refractivity contribution >= 4 is 17.3 Å². The summed E-state index contributed by atoms with van der Waals surface area (Å²) in [4.78, 5) is 21.1. The molecule has 1 aliphatic heterocycles. The number of fused-ring (bicyclic) bond motifs is 1. The van der Waals surface area contributed by atoms with Gasteiger partial charge in [0.2, 0.25) is 0 Å². The van der Waals surface area contributed by atoms with Gasteiger partial charge >= 0.3 is 0 Å². The predicted molar refractivity (Wildman–Crippen MR) is 55.6 cm³/mol. The first-order valence-electron chi connectivity index (χ1n) is 4.58. The number of benzene rings is 1. The number of nitro benzene ring substituents is 1. The third-order valence-electron chi connectivity index (χ3n) is 2.24. The van der Waals surface area contributed by atoms with E-state index in [0.29, 0.717) is 24.6 Å². The Hall–Kier alpha value is -2.31. The van der Waals surface area contributed by atoms with E-state index >= 15 is 0 Å². The Labute approximate surface area is 90.3 Å². The SMILES string of the molecule is NC(=O)c1cc2c(cc1[N+](=O)[O-])OCCN2. The number of rotatable bonds is 2. The van der Waals surface area contributed by atoms with Crippen LogP contribution in [-0.2, 0) is 0 Å². The number of anilines is 1. The summed E-state index contributed by atoms with van der Waals surface area (Å²) >= 11 is 0. The number of nitrogens with two attached hydrogens (primary N) is 1. The van der Waals surface area contributed by atoms with E-state index in [4.69, 9.17) is 10.5 Å². The van der Waals surface area contributed by atoms with Crippen molar-refractivity contribution in [1.82, 2.24) is 0 Å². The van der Waals surface area contributed by atoms with Crippen molar-refractivity contribution in [2.75, 3.05) is 18.5 Å². The summed E-state index contributed by atoms with van der Waals surface area (Å²) in [6.45, 7) is 1.02. The summed E-state index contributed by atoms with van der Waals surface area (Å²) in [5.74, 6) is -0.468. The standard InChI is InChI=1S/C9H9N3O4/c10-9(13)5-3-6-8(16-2-1-11-6)4-7(5)12(14)15/h3-4,11H,1-2H2,(H2,10,13). The number of hydrogen-bond acceptors (Lipinski definition) is 5. The number of carbonyl (C=O) groups excluding carboxylic acids is 1. The minimum Gasteiger partial charge on any atom is -0.489 e. The maximum atomic E-state index is 11.1. The van der Waals surface area contributed by atoms with E-state index in [1.54, 1.807) is 0 Å². The van der Waals surface area contributed by atoms with E-state index in [2.05, 4.69) is 5.32 Å². The Bertz CT molecular complexity index is 429. The average Bonchev–Trinajstić information content (AvgIpc) is 2.27. The Morgan fingerprint density at radius 1 is 1.56 bits per heavy atom. The molecule has 1 amide bonds. The largest absolute Gasteiger partial charge is 0.489 e. The molecular weight excluding hydrogens is 214 g/mol. The maximum absolute atomic E-state index is 11.1. The second-order valence-electron chi connectivity index (χ2n) is 3.26. The lowest BCUT2D eigenvalue weighted by molar-refractivity contribution is -0.385. The number of amides is 1. The first-order valence-corrected chi connectivity index (χ1v) is 4.58. The lowest BCUT2D eigenvalue weighted by Crippen LogP contribution is -2.20. The molecule has 3 N–H and O–H groups in total. The molecule has 1 heterocycles. The fourth-order valence-corrected chi connectivity index (χ4v) is 1.52. The number of carbonyl (C=O) groups is 1. The van der Waals surface area contributed by atoms with Gasteiger partial charge in [-0.05, 0) is 6.07 Å². The first-order chi connectivity index (χ1) is 7.59. The van der Waals surface area contributed by atoms with Gasteiger partial charge in [0, 0.05) is 6.54 Å². The van der Waals surface area contributed by atoms with Crippen LogP contribution in [0.2, 0.25) is 0 Å². The van der Waals surface area contributed by atoms with Crippen molar-refractivity contribution in [2.24, 2.45) is 5.73 Å². The summed E-state index contributed by atoms with van der Waals surface area (Å²) in [6.07, 6.45) is 0. The highest BCUT2D eigenvalue weighted by molar-refractivity contribution is 5.98. The smallest absolute Gasteiger partial charge is 0.285 e. The fourth-order valence-electron chi connectivity index (χ4n) is 1.52. The second-order valence-corrected chi connectivity index (χ2v) is 3.26. The Morgan fingerprint density at radius 3 is 2.94 bits per heavy atom. The zero-order valence-electron chi connectivity index (χ0n) is 8.23. The Kier molecular flexibility index (Phi) is 2.35. The molecule has 0 spiro atoms. The molecule has 16 heavy (non-hydrogen) atoms. The van der Waals surface area contributed by atoms with E-state index in [1.165, 1.54) is 12.1 Å². The highest BCUT2D eigenvalue weighted by atomic mass is 16.6. The second kappa shape index (κ2) is 3.69. The number of nitro groups is 1. The quantitative estimate of drug-likeness (QED) is 0.560. The van der Waals surface area contributed by atoms with Crippen LogP contribution in [0.5, 0.6) is 5.75 Å². The number of ether oxygens (including phenoxy) is 1. The van der Waals surface area contributed by atoms with Gasteiger partial charge in [-0.1, -0.05) is 0 Å². The molecular formula is C9H9N3O4. The van der Waals surface area contributed by atoms with Gasteiger partial charge in [-0.2, -0.15) is 0 Å². The molecule has 7 nitrogen and oxygen atoms in total. The third kappa shape index (κ3) is 1.62. The summed E-state index contributed by atoms with van der Waals surface area (Å²) < 4.78 is 5.23. The van der Waals surface area contributed by atoms with Crippen molar-refractivity contribution in [1.29, 1.82) is 0 Å². The molecule has 1 aliphatic rings. The minimum absolute atomic E-state index is 0.123. The molecule has 0 aromatic heterocycles. The van der Waals surface area contributed by atoms with Crippen molar-refractivity contribution in [3.63, 3.8) is 0 Å². The molecule has 84 valence electrons. The third-order valence-corrected chi connectivity index (χ3v) is 2.24. The van der Waals surface area contributed by atoms with Crippen LogP contribution in [0.4, 0.5) is 11.4 Å². The zero-order chi connectivity index (χ0) is 11.7. The summed E-state index contributed by atoms with van der Waals surface area (Å²) in [5.41, 5.74) is 5.16. The molecule has 0 unspecified atom stereocenters. The van der Waals surface area contributed by atoms with Crippen molar-refractivity contribution in [2.45, 2.75) is 0 Å². The highest BCUT2D eigenvalue weighted by Crippen LogP contribution is 2.34. The zero-order valence-corrected chi connectivity index (χ0v) is 8.23. The van der Waals surface area contributed by atoms with Crippen LogP contribution in [0.25, 0.3) is 0 Å². The molecule has 0 saturated heterocycles. The summed E-state index contributed by atoms with van der Waals surface area (Å²) in [7, 11) is 0. The van der Waals surface area contributed by atoms with Crippen molar-refractivity contribution in [3.8, 4) is 5.75 Å². The van der Waals surface area contributed by atoms with Gasteiger partial charge < -0.3 is 15.8 Å². The van der Waals surface area contributed by atoms with Gasteiger partial charge in [-0.25, -0.2) is 0 Å². The molecule has 0 fully saturated rings. The van der Waals surface area contributed by atoms with E-state index in [1.807, 2.05) is 0 Å². The van der Waals surface area contributed by atoms with Crippen LogP contribution in [0.3, 0.4) is 0 Å². The number of primary amides is 1. The van der Waals surface area contributed by atoms with Crippen LogP contribution in [0.15, 0.2) is 12.1 Å². The minimum atomic E-state index is -0.832. The van der Waals surface area contributed by atoms with Gasteiger partial charge in [0.1, 0.15) is 17.9 Å². The predicted octanol–water partition coefficient (Wildman–Crippen LogP) is 0.498. The molecule has 0 saturated carbocycles. The summed E-state index contributed by atoms with van der Waals surface area (Å²) in [6, 6.07) is 2.55. The molecule has 0 aliphatic carbocycles.